The highest BCUT2D eigenvalue weighted by Crippen LogP contribution is 2.32. The lowest BCUT2D eigenvalue weighted by molar-refractivity contribution is -0.134. The molecular weight excluding hydrogens is 362 g/mol. The van der Waals surface area contributed by atoms with Crippen molar-refractivity contribution in [2.45, 2.75) is 39.7 Å². The van der Waals surface area contributed by atoms with E-state index in [1.807, 2.05) is 59.5 Å². The molecule has 2 aromatic carbocycles. The maximum atomic E-state index is 12.8. The zero-order valence-corrected chi connectivity index (χ0v) is 17.4. The first-order chi connectivity index (χ1) is 13.9. The van der Waals surface area contributed by atoms with Crippen LogP contribution >= 0.6 is 0 Å². The van der Waals surface area contributed by atoms with Crippen molar-refractivity contribution in [3.63, 3.8) is 0 Å². The van der Waals surface area contributed by atoms with Crippen molar-refractivity contribution < 1.29 is 9.59 Å². The zero-order chi connectivity index (χ0) is 20.9. The smallest absolute Gasteiger partial charge is 0.228 e. The number of hydrogen-bond donors (Lipinski definition) is 2. The van der Waals surface area contributed by atoms with E-state index in [9.17, 15) is 9.59 Å². The third-order valence-electron chi connectivity index (χ3n) is 5.20. The van der Waals surface area contributed by atoms with Gasteiger partial charge in [-0.25, -0.2) is 0 Å². The van der Waals surface area contributed by atoms with Crippen molar-refractivity contribution >= 4 is 17.5 Å². The lowest BCUT2D eigenvalue weighted by Gasteiger charge is -2.32. The summed E-state index contributed by atoms with van der Waals surface area (Å²) in [5, 5.41) is 2.97. The van der Waals surface area contributed by atoms with Crippen LogP contribution in [0.4, 0.5) is 5.69 Å². The third kappa shape index (κ3) is 6.43. The molecular formula is C24H31N3O2. The first-order valence-electron chi connectivity index (χ1n) is 10.3. The summed E-state index contributed by atoms with van der Waals surface area (Å²) in [7, 11) is 0. The van der Waals surface area contributed by atoms with E-state index in [0.717, 1.165) is 29.7 Å². The summed E-state index contributed by atoms with van der Waals surface area (Å²) >= 11 is 0. The van der Waals surface area contributed by atoms with E-state index >= 15 is 0 Å². The Morgan fingerprint density at radius 1 is 1.07 bits per heavy atom. The lowest BCUT2D eigenvalue weighted by Crippen LogP contribution is -2.42. The highest BCUT2D eigenvalue weighted by atomic mass is 16.2. The number of benzene rings is 2. The molecule has 5 heteroatoms. The van der Waals surface area contributed by atoms with Crippen molar-refractivity contribution in [2.24, 2.45) is 17.1 Å². The van der Waals surface area contributed by atoms with Crippen molar-refractivity contribution in [1.29, 1.82) is 0 Å². The Bertz CT molecular complexity index is 844. The average Bonchev–Trinajstić information content (AvgIpc) is 3.53. The van der Waals surface area contributed by atoms with Crippen LogP contribution in [0.2, 0.25) is 0 Å². The van der Waals surface area contributed by atoms with Crippen molar-refractivity contribution in [1.82, 2.24) is 4.90 Å². The van der Waals surface area contributed by atoms with E-state index < -0.39 is 0 Å². The van der Waals surface area contributed by atoms with Crippen molar-refractivity contribution in [3.05, 3.63) is 65.7 Å². The summed E-state index contributed by atoms with van der Waals surface area (Å²) < 4.78 is 0. The van der Waals surface area contributed by atoms with Gasteiger partial charge in [-0.15, -0.1) is 0 Å². The zero-order valence-electron chi connectivity index (χ0n) is 17.4. The second-order valence-electron chi connectivity index (χ2n) is 8.75. The number of nitrogens with one attached hydrogen (secondary N) is 1. The largest absolute Gasteiger partial charge is 0.338 e. The van der Waals surface area contributed by atoms with E-state index in [-0.39, 0.29) is 23.1 Å². The molecule has 2 aromatic rings. The van der Waals surface area contributed by atoms with Gasteiger partial charge in [0.25, 0.3) is 0 Å². The Morgan fingerprint density at radius 2 is 1.76 bits per heavy atom. The summed E-state index contributed by atoms with van der Waals surface area (Å²) in [5.74, 6) is 0.325. The first kappa shape index (κ1) is 21.1. The molecule has 154 valence electrons. The molecule has 3 N–H and O–H groups in total. The molecule has 0 bridgehead atoms. The molecule has 0 unspecified atom stereocenters. The van der Waals surface area contributed by atoms with Crippen LogP contribution in [0.1, 0.15) is 37.8 Å². The van der Waals surface area contributed by atoms with Gasteiger partial charge in [-0.2, -0.15) is 0 Å². The van der Waals surface area contributed by atoms with Gasteiger partial charge in [-0.1, -0.05) is 56.3 Å². The summed E-state index contributed by atoms with van der Waals surface area (Å²) in [5.41, 5.74) is 8.50. The van der Waals surface area contributed by atoms with E-state index in [4.69, 9.17) is 5.73 Å². The van der Waals surface area contributed by atoms with E-state index in [0.29, 0.717) is 26.1 Å². The van der Waals surface area contributed by atoms with Gasteiger partial charge in [0.2, 0.25) is 11.8 Å². The lowest BCUT2D eigenvalue weighted by atomic mass is 9.92. The molecule has 2 amide bonds. The summed E-state index contributed by atoms with van der Waals surface area (Å²) in [4.78, 5) is 27.1. The number of amides is 2. The van der Waals surface area contributed by atoms with Crippen LogP contribution in [0.5, 0.6) is 0 Å². The van der Waals surface area contributed by atoms with E-state index in [1.54, 1.807) is 0 Å². The SMILES string of the molecule is CC(C)(CN)CN(Cc1cccc(NC(=O)Cc2ccccc2)c1)C(=O)C1CC1. The molecule has 0 spiro atoms. The fraction of sp³-hybridized carbons (Fsp3) is 0.417. The van der Waals surface area contributed by atoms with Crippen molar-refractivity contribution in [3.8, 4) is 0 Å². The van der Waals surface area contributed by atoms with Crippen LogP contribution in [-0.2, 0) is 22.6 Å². The van der Waals surface area contributed by atoms with Crippen molar-refractivity contribution in [2.75, 3.05) is 18.4 Å². The van der Waals surface area contributed by atoms with Gasteiger partial charge in [0.15, 0.2) is 0 Å². The molecule has 5 nitrogen and oxygen atoms in total. The van der Waals surface area contributed by atoms with Gasteiger partial charge in [0.05, 0.1) is 6.42 Å². The summed E-state index contributed by atoms with van der Waals surface area (Å²) in [6.45, 7) is 5.85. The molecule has 1 aliphatic rings. The molecule has 0 aromatic heterocycles. The standard InChI is InChI=1S/C24H31N3O2/c1-24(2,16-25)17-27(23(29)20-11-12-20)15-19-9-6-10-21(13-19)26-22(28)14-18-7-4-3-5-8-18/h3-10,13,20H,11-12,14-17,25H2,1-2H3,(H,26,28). The highest BCUT2D eigenvalue weighted by Gasteiger charge is 2.35. The number of carbonyl (C=O) groups is 2. The maximum Gasteiger partial charge on any atom is 0.228 e. The fourth-order valence-corrected chi connectivity index (χ4v) is 3.34. The van der Waals surface area contributed by atoms with E-state index in [2.05, 4.69) is 19.2 Å². The molecule has 3 rings (SSSR count). The molecule has 0 radical (unpaired) electrons. The summed E-state index contributed by atoms with van der Waals surface area (Å²) in [6.07, 6.45) is 2.30. The van der Waals surface area contributed by atoms with Crippen LogP contribution in [0, 0.1) is 11.3 Å². The molecule has 0 aliphatic heterocycles. The van der Waals surface area contributed by atoms with Crippen LogP contribution in [0.3, 0.4) is 0 Å². The minimum absolute atomic E-state index is 0.0523. The second-order valence-corrected chi connectivity index (χ2v) is 8.75. The first-order valence-corrected chi connectivity index (χ1v) is 10.3. The number of nitrogens with zero attached hydrogens (tertiary/aromatic N) is 1. The second kappa shape index (κ2) is 9.23. The Kier molecular flexibility index (Phi) is 6.70. The normalized spacial score (nSPS) is 13.8. The van der Waals surface area contributed by atoms with Gasteiger partial charge in [-0.05, 0) is 48.1 Å². The van der Waals surface area contributed by atoms with Gasteiger partial charge >= 0.3 is 0 Å². The Hall–Kier alpha value is -2.66. The van der Waals surface area contributed by atoms with Gasteiger partial charge in [0, 0.05) is 24.7 Å². The number of nitrogens with two attached hydrogens (primary N) is 1. The molecule has 0 atom stereocenters. The Balaban J connectivity index is 1.66. The average molecular weight is 394 g/mol. The predicted octanol–water partition coefficient (Wildman–Crippen LogP) is 3.59. The number of anilines is 1. The topological polar surface area (TPSA) is 75.4 Å². The molecule has 0 saturated heterocycles. The van der Waals surface area contributed by atoms with Gasteiger partial charge < -0.3 is 16.0 Å². The maximum absolute atomic E-state index is 12.8. The number of rotatable bonds is 9. The Labute approximate surface area is 173 Å². The highest BCUT2D eigenvalue weighted by molar-refractivity contribution is 5.92. The van der Waals surface area contributed by atoms with Gasteiger partial charge in [-0.3, -0.25) is 9.59 Å². The van der Waals surface area contributed by atoms with Crippen LogP contribution < -0.4 is 11.1 Å². The van der Waals surface area contributed by atoms with Gasteiger partial charge in [0.1, 0.15) is 0 Å². The minimum Gasteiger partial charge on any atom is -0.338 e. The fourth-order valence-electron chi connectivity index (χ4n) is 3.34. The predicted molar refractivity (Wildman–Crippen MR) is 116 cm³/mol. The van der Waals surface area contributed by atoms with E-state index in [1.165, 1.54) is 0 Å². The molecule has 0 heterocycles. The van der Waals surface area contributed by atoms with Crippen LogP contribution in [0.15, 0.2) is 54.6 Å². The number of hydrogen-bond acceptors (Lipinski definition) is 3. The molecule has 1 aliphatic carbocycles. The molecule has 1 saturated carbocycles. The monoisotopic (exact) mass is 393 g/mol. The Morgan fingerprint density at radius 3 is 2.41 bits per heavy atom. The number of carbonyl (C=O) groups excluding carboxylic acids is 2. The molecule has 29 heavy (non-hydrogen) atoms. The van der Waals surface area contributed by atoms with Crippen LogP contribution in [-0.4, -0.2) is 29.8 Å². The van der Waals surface area contributed by atoms with Crippen LogP contribution in [0.25, 0.3) is 0 Å². The quantitative estimate of drug-likeness (QED) is 0.684. The minimum atomic E-state index is -0.133. The molecule has 1 fully saturated rings. The third-order valence-corrected chi connectivity index (χ3v) is 5.20. The summed E-state index contributed by atoms with van der Waals surface area (Å²) in [6, 6.07) is 17.4.